The zero-order valence-electron chi connectivity index (χ0n) is 14.2. The van der Waals surface area contributed by atoms with Crippen molar-refractivity contribution in [2.75, 3.05) is 19.5 Å². The van der Waals surface area contributed by atoms with Crippen LogP contribution in [0.1, 0.15) is 11.1 Å². The molecule has 2 rings (SSSR count). The zero-order chi connectivity index (χ0) is 18.4. The highest BCUT2D eigenvalue weighted by molar-refractivity contribution is 6.45. The summed E-state index contributed by atoms with van der Waals surface area (Å²) in [7, 11) is 2.91. The highest BCUT2D eigenvalue weighted by atomic mass is 16.5. The Balaban J connectivity index is 2.21. The van der Waals surface area contributed by atoms with E-state index in [1.165, 1.54) is 20.3 Å². The third kappa shape index (κ3) is 4.60. The molecule has 6 heteroatoms. The third-order valence-corrected chi connectivity index (χ3v) is 3.45. The number of nitrogens with one attached hydrogen (secondary N) is 1. The van der Waals surface area contributed by atoms with Gasteiger partial charge in [-0.1, -0.05) is 12.1 Å². The first-order valence-electron chi connectivity index (χ1n) is 7.49. The Morgan fingerprint density at radius 1 is 1.08 bits per heavy atom. The van der Waals surface area contributed by atoms with Gasteiger partial charge in [-0.15, -0.1) is 0 Å². The maximum Gasteiger partial charge on any atom is 0.296 e. The number of hydrogen-bond donors (Lipinski definition) is 2. The third-order valence-electron chi connectivity index (χ3n) is 3.45. The van der Waals surface area contributed by atoms with Crippen LogP contribution in [-0.2, 0) is 9.59 Å². The second-order valence-corrected chi connectivity index (χ2v) is 5.28. The van der Waals surface area contributed by atoms with Gasteiger partial charge < -0.3 is 19.9 Å². The van der Waals surface area contributed by atoms with Crippen LogP contribution in [0, 0.1) is 6.92 Å². The molecule has 130 valence electrons. The number of anilines is 1. The predicted octanol–water partition coefficient (Wildman–Crippen LogP) is 3.12. The van der Waals surface area contributed by atoms with Gasteiger partial charge in [0, 0.05) is 11.8 Å². The van der Waals surface area contributed by atoms with Crippen molar-refractivity contribution in [1.29, 1.82) is 0 Å². The number of hydrogen-bond acceptors (Lipinski definition) is 5. The first-order valence-corrected chi connectivity index (χ1v) is 7.49. The summed E-state index contributed by atoms with van der Waals surface area (Å²) in [5, 5.41) is 12.7. The Morgan fingerprint density at radius 2 is 1.84 bits per heavy atom. The molecule has 0 spiro atoms. The van der Waals surface area contributed by atoms with Crippen molar-refractivity contribution in [1.82, 2.24) is 0 Å². The minimum absolute atomic E-state index is 0.249. The van der Waals surface area contributed by atoms with Crippen LogP contribution in [0.2, 0.25) is 0 Å². The highest BCUT2D eigenvalue weighted by Crippen LogP contribution is 2.28. The summed E-state index contributed by atoms with van der Waals surface area (Å²) in [6.45, 7) is 1.87. The number of methoxy groups -OCH3 is 2. The summed E-state index contributed by atoms with van der Waals surface area (Å²) in [5.74, 6) is -1.29. The van der Waals surface area contributed by atoms with Crippen molar-refractivity contribution in [3.05, 3.63) is 59.7 Å². The summed E-state index contributed by atoms with van der Waals surface area (Å²) < 4.78 is 10.2. The van der Waals surface area contributed by atoms with Crippen molar-refractivity contribution in [2.24, 2.45) is 0 Å². The van der Waals surface area contributed by atoms with Gasteiger partial charge in [-0.25, -0.2) is 0 Å². The van der Waals surface area contributed by atoms with Gasteiger partial charge in [0.15, 0.2) is 0 Å². The minimum atomic E-state index is -0.885. The van der Waals surface area contributed by atoms with Crippen molar-refractivity contribution in [2.45, 2.75) is 6.92 Å². The molecular weight excluding hydrogens is 322 g/mol. The summed E-state index contributed by atoms with van der Waals surface area (Å²) in [6, 6.07) is 11.8. The molecule has 0 saturated carbocycles. The number of ketones is 1. The number of ether oxygens (including phenoxy) is 2. The van der Waals surface area contributed by atoms with Crippen molar-refractivity contribution in [3.63, 3.8) is 0 Å². The van der Waals surface area contributed by atoms with Gasteiger partial charge in [0.2, 0.25) is 5.78 Å². The molecule has 0 saturated heterocycles. The quantitative estimate of drug-likeness (QED) is 0.479. The van der Waals surface area contributed by atoms with E-state index in [2.05, 4.69) is 5.32 Å². The fourth-order valence-corrected chi connectivity index (χ4v) is 2.20. The smallest absolute Gasteiger partial charge is 0.296 e. The van der Waals surface area contributed by atoms with E-state index in [-0.39, 0.29) is 11.3 Å². The Morgan fingerprint density at radius 3 is 2.48 bits per heavy atom. The summed E-state index contributed by atoms with van der Waals surface area (Å²) in [6.07, 6.45) is 0.850. The average molecular weight is 341 g/mol. The first kappa shape index (κ1) is 18.1. The van der Waals surface area contributed by atoms with Crippen LogP contribution in [0.4, 0.5) is 5.69 Å². The van der Waals surface area contributed by atoms with E-state index < -0.39 is 11.7 Å². The average Bonchev–Trinajstić information content (AvgIpc) is 2.60. The molecule has 2 aromatic carbocycles. The zero-order valence-corrected chi connectivity index (χ0v) is 14.2. The molecule has 0 aromatic heterocycles. The van der Waals surface area contributed by atoms with Crippen LogP contribution in [-0.4, -0.2) is 31.0 Å². The second kappa shape index (κ2) is 8.01. The number of carbonyl (C=O) groups is 2. The first-order chi connectivity index (χ1) is 11.9. The number of aryl methyl sites for hydroxylation is 1. The Hall–Kier alpha value is -3.28. The van der Waals surface area contributed by atoms with Crippen molar-refractivity contribution < 1.29 is 24.2 Å². The standard InChI is InChI=1S/C19H19NO5/c1-12-5-4-6-13(9-12)20-19(23)17(22)11-16(21)15-10-14(24-2)7-8-18(15)25-3/h4-11,21H,1-3H3,(H,20,23). The van der Waals surface area contributed by atoms with E-state index in [9.17, 15) is 14.7 Å². The number of aliphatic hydroxyl groups is 1. The van der Waals surface area contributed by atoms with Gasteiger partial charge in [-0.05, 0) is 42.8 Å². The molecule has 0 aliphatic heterocycles. The molecular formula is C19H19NO5. The van der Waals surface area contributed by atoms with E-state index in [4.69, 9.17) is 9.47 Å². The maximum atomic E-state index is 12.0. The highest BCUT2D eigenvalue weighted by Gasteiger charge is 2.16. The summed E-state index contributed by atoms with van der Waals surface area (Å²) in [4.78, 5) is 24.0. The number of benzene rings is 2. The molecule has 0 aliphatic carbocycles. The van der Waals surface area contributed by atoms with Gasteiger partial charge in [-0.2, -0.15) is 0 Å². The number of aliphatic hydroxyl groups excluding tert-OH is 1. The monoisotopic (exact) mass is 341 g/mol. The molecule has 0 atom stereocenters. The molecule has 0 fully saturated rings. The van der Waals surface area contributed by atoms with E-state index in [0.717, 1.165) is 11.6 Å². The molecule has 25 heavy (non-hydrogen) atoms. The summed E-state index contributed by atoms with van der Waals surface area (Å²) in [5.41, 5.74) is 1.70. The molecule has 6 nitrogen and oxygen atoms in total. The number of rotatable bonds is 6. The van der Waals surface area contributed by atoms with Crippen LogP contribution in [0.15, 0.2) is 48.5 Å². The molecule has 2 aromatic rings. The molecule has 0 aliphatic rings. The Labute approximate surface area is 145 Å². The lowest BCUT2D eigenvalue weighted by molar-refractivity contribution is -0.131. The largest absolute Gasteiger partial charge is 0.507 e. The molecule has 0 bridgehead atoms. The Bertz CT molecular complexity index is 826. The van der Waals surface area contributed by atoms with E-state index >= 15 is 0 Å². The van der Waals surface area contributed by atoms with Gasteiger partial charge in [0.1, 0.15) is 17.3 Å². The Kier molecular flexibility index (Phi) is 5.79. The normalized spacial score (nSPS) is 10.9. The van der Waals surface area contributed by atoms with Crippen LogP contribution >= 0.6 is 0 Å². The van der Waals surface area contributed by atoms with Crippen molar-refractivity contribution in [3.8, 4) is 11.5 Å². The number of carbonyl (C=O) groups excluding carboxylic acids is 2. The SMILES string of the molecule is COc1ccc(OC)c(C(O)=CC(=O)C(=O)Nc2cccc(C)c2)c1. The molecule has 0 unspecified atom stereocenters. The van der Waals surface area contributed by atoms with Crippen LogP contribution in [0.3, 0.4) is 0 Å². The molecule has 1 amide bonds. The second-order valence-electron chi connectivity index (χ2n) is 5.28. The lowest BCUT2D eigenvalue weighted by atomic mass is 10.1. The summed E-state index contributed by atoms with van der Waals surface area (Å²) >= 11 is 0. The van der Waals surface area contributed by atoms with E-state index in [1.54, 1.807) is 30.3 Å². The van der Waals surface area contributed by atoms with Crippen molar-refractivity contribution >= 4 is 23.1 Å². The maximum absolute atomic E-state index is 12.0. The molecule has 0 radical (unpaired) electrons. The topological polar surface area (TPSA) is 84.9 Å². The predicted molar refractivity (Wildman–Crippen MR) is 95.0 cm³/mol. The lowest BCUT2D eigenvalue weighted by Gasteiger charge is -2.10. The fraction of sp³-hybridized carbons (Fsp3) is 0.158. The molecule has 0 heterocycles. The van der Waals surface area contributed by atoms with Gasteiger partial charge in [0.05, 0.1) is 19.8 Å². The van der Waals surface area contributed by atoms with E-state index in [0.29, 0.717) is 17.2 Å². The van der Waals surface area contributed by atoms with Gasteiger partial charge in [0.25, 0.3) is 5.91 Å². The molecule has 2 N–H and O–H groups in total. The van der Waals surface area contributed by atoms with Crippen LogP contribution in [0.5, 0.6) is 11.5 Å². The van der Waals surface area contributed by atoms with Crippen LogP contribution < -0.4 is 14.8 Å². The minimum Gasteiger partial charge on any atom is -0.507 e. The number of amides is 1. The lowest BCUT2D eigenvalue weighted by Crippen LogP contribution is -2.21. The van der Waals surface area contributed by atoms with Crippen LogP contribution in [0.25, 0.3) is 5.76 Å². The van der Waals surface area contributed by atoms with Gasteiger partial charge >= 0.3 is 0 Å². The van der Waals surface area contributed by atoms with E-state index in [1.807, 2.05) is 13.0 Å². The van der Waals surface area contributed by atoms with Gasteiger partial charge in [-0.3, -0.25) is 9.59 Å². The fourth-order valence-electron chi connectivity index (χ4n) is 2.20.